The summed E-state index contributed by atoms with van der Waals surface area (Å²) in [5, 5.41) is 0.565. The van der Waals surface area contributed by atoms with Crippen molar-refractivity contribution in [2.75, 3.05) is 13.1 Å². The zero-order chi connectivity index (χ0) is 19.4. The van der Waals surface area contributed by atoms with Gasteiger partial charge in [-0.05, 0) is 30.9 Å². The summed E-state index contributed by atoms with van der Waals surface area (Å²) in [7, 11) is 0. The van der Waals surface area contributed by atoms with Crippen molar-refractivity contribution in [2.45, 2.75) is 40.2 Å². The Labute approximate surface area is 163 Å². The van der Waals surface area contributed by atoms with Crippen LogP contribution in [0.2, 0.25) is 0 Å². The second-order valence-corrected chi connectivity index (χ2v) is 7.69. The molecule has 0 aliphatic rings. The van der Waals surface area contributed by atoms with E-state index in [9.17, 15) is 9.59 Å². The molecule has 0 saturated heterocycles. The van der Waals surface area contributed by atoms with Crippen LogP contribution in [0.15, 0.2) is 41.5 Å². The molecule has 0 bridgehead atoms. The second kappa shape index (κ2) is 8.48. The van der Waals surface area contributed by atoms with Crippen LogP contribution in [0.4, 0.5) is 0 Å². The number of benzene rings is 1. The van der Waals surface area contributed by atoms with E-state index in [2.05, 4.69) is 18.8 Å². The highest BCUT2D eigenvalue weighted by atomic mass is 32.1. The lowest BCUT2D eigenvalue weighted by Crippen LogP contribution is -2.32. The molecule has 0 spiro atoms. The molecule has 0 N–H and O–H groups in total. The third-order valence-corrected chi connectivity index (χ3v) is 5.77. The van der Waals surface area contributed by atoms with Gasteiger partial charge in [0.05, 0.1) is 23.1 Å². The highest BCUT2D eigenvalue weighted by Gasteiger charge is 2.23. The van der Waals surface area contributed by atoms with E-state index in [0.717, 1.165) is 37.1 Å². The van der Waals surface area contributed by atoms with Gasteiger partial charge in [0.25, 0.3) is 11.5 Å². The molecule has 2 aromatic heterocycles. The maximum absolute atomic E-state index is 13.0. The monoisotopic (exact) mass is 383 g/mol. The topological polar surface area (TPSA) is 55.2 Å². The van der Waals surface area contributed by atoms with Crippen molar-refractivity contribution in [3.63, 3.8) is 0 Å². The summed E-state index contributed by atoms with van der Waals surface area (Å²) in [6, 6.07) is 9.83. The fourth-order valence-corrected chi connectivity index (χ4v) is 4.36. The van der Waals surface area contributed by atoms with Crippen LogP contribution in [0.25, 0.3) is 10.2 Å². The molecule has 3 aromatic rings. The van der Waals surface area contributed by atoms with Gasteiger partial charge in [0.2, 0.25) is 0 Å². The number of nitrogens with zero attached hydrogens (tertiary/aromatic N) is 3. The molecule has 1 aromatic carbocycles. The van der Waals surface area contributed by atoms with Crippen molar-refractivity contribution < 1.29 is 4.79 Å². The van der Waals surface area contributed by atoms with Crippen LogP contribution in [0.3, 0.4) is 0 Å². The molecule has 142 valence electrons. The van der Waals surface area contributed by atoms with Gasteiger partial charge in [0.15, 0.2) is 0 Å². The minimum Gasteiger partial charge on any atom is -0.338 e. The first-order chi connectivity index (χ1) is 13.1. The number of aromatic nitrogens is 2. The van der Waals surface area contributed by atoms with E-state index in [1.807, 2.05) is 42.2 Å². The summed E-state index contributed by atoms with van der Waals surface area (Å²) in [6.07, 6.45) is 3.41. The highest BCUT2D eigenvalue weighted by Crippen LogP contribution is 2.28. The first kappa shape index (κ1) is 19.3. The molecule has 1 amide bonds. The Morgan fingerprint density at radius 2 is 1.81 bits per heavy atom. The molecule has 3 rings (SSSR count). The van der Waals surface area contributed by atoms with E-state index in [0.29, 0.717) is 21.6 Å². The number of carbonyl (C=O) groups is 1. The lowest BCUT2D eigenvalue weighted by Gasteiger charge is -2.21. The molecule has 27 heavy (non-hydrogen) atoms. The normalized spacial score (nSPS) is 11.1. The molecule has 0 fully saturated rings. The van der Waals surface area contributed by atoms with Crippen LogP contribution >= 0.6 is 11.3 Å². The van der Waals surface area contributed by atoms with Crippen molar-refractivity contribution in [2.24, 2.45) is 0 Å². The number of rotatable bonds is 7. The standard InChI is InChI=1S/C21H25N3O2S/c1-4-11-23(12-5-2)21(26)18-15(3)17-19(27-18)22-14-24(20(17)25)13-16-9-7-6-8-10-16/h6-10,14H,4-5,11-13H2,1-3H3. The summed E-state index contributed by atoms with van der Waals surface area (Å²) < 4.78 is 1.61. The number of amides is 1. The van der Waals surface area contributed by atoms with Gasteiger partial charge in [-0.2, -0.15) is 0 Å². The molecular formula is C21H25N3O2S. The lowest BCUT2D eigenvalue weighted by molar-refractivity contribution is 0.0760. The first-order valence-electron chi connectivity index (χ1n) is 9.38. The predicted molar refractivity (Wildman–Crippen MR) is 111 cm³/mol. The molecule has 0 atom stereocenters. The number of hydrogen-bond acceptors (Lipinski definition) is 4. The zero-order valence-electron chi connectivity index (χ0n) is 16.1. The van der Waals surface area contributed by atoms with E-state index in [1.165, 1.54) is 11.3 Å². The molecule has 0 radical (unpaired) electrons. The van der Waals surface area contributed by atoms with E-state index in [4.69, 9.17) is 0 Å². The quantitative estimate of drug-likeness (QED) is 0.618. The first-order valence-corrected chi connectivity index (χ1v) is 10.2. The molecule has 0 unspecified atom stereocenters. The molecule has 6 heteroatoms. The summed E-state index contributed by atoms with van der Waals surface area (Å²) in [5.41, 5.74) is 1.70. The van der Waals surface area contributed by atoms with E-state index < -0.39 is 0 Å². The molecule has 5 nitrogen and oxygen atoms in total. The number of aryl methyl sites for hydroxylation is 1. The number of hydrogen-bond donors (Lipinski definition) is 0. The Morgan fingerprint density at radius 1 is 1.15 bits per heavy atom. The van der Waals surface area contributed by atoms with Crippen molar-refractivity contribution in [3.05, 3.63) is 63.0 Å². The summed E-state index contributed by atoms with van der Waals surface area (Å²) >= 11 is 1.33. The van der Waals surface area contributed by atoms with Gasteiger partial charge in [-0.1, -0.05) is 44.2 Å². The second-order valence-electron chi connectivity index (χ2n) is 6.69. The minimum atomic E-state index is -0.0887. The Morgan fingerprint density at radius 3 is 2.44 bits per heavy atom. The Bertz CT molecular complexity index is 986. The van der Waals surface area contributed by atoms with E-state index in [1.54, 1.807) is 10.9 Å². The van der Waals surface area contributed by atoms with Gasteiger partial charge in [0.1, 0.15) is 4.83 Å². The van der Waals surface area contributed by atoms with Crippen molar-refractivity contribution in [1.82, 2.24) is 14.5 Å². The fourth-order valence-electron chi connectivity index (χ4n) is 3.25. The maximum Gasteiger partial charge on any atom is 0.264 e. The molecule has 0 aliphatic heterocycles. The molecular weight excluding hydrogens is 358 g/mol. The van der Waals surface area contributed by atoms with Gasteiger partial charge in [-0.3, -0.25) is 14.2 Å². The Balaban J connectivity index is 2.01. The Hall–Kier alpha value is -2.47. The molecule has 0 aliphatic carbocycles. The minimum absolute atomic E-state index is 0.00760. The van der Waals surface area contributed by atoms with Gasteiger partial charge < -0.3 is 4.90 Å². The van der Waals surface area contributed by atoms with E-state index in [-0.39, 0.29) is 11.5 Å². The highest BCUT2D eigenvalue weighted by molar-refractivity contribution is 7.20. The largest absolute Gasteiger partial charge is 0.338 e. The third-order valence-electron chi connectivity index (χ3n) is 4.58. The van der Waals surface area contributed by atoms with Gasteiger partial charge in [-0.25, -0.2) is 4.98 Å². The van der Waals surface area contributed by atoms with Crippen LogP contribution < -0.4 is 5.56 Å². The molecule has 2 heterocycles. The molecule has 0 saturated carbocycles. The van der Waals surface area contributed by atoms with Crippen LogP contribution in [0.5, 0.6) is 0 Å². The number of thiophene rings is 1. The van der Waals surface area contributed by atoms with Gasteiger partial charge >= 0.3 is 0 Å². The van der Waals surface area contributed by atoms with Crippen LogP contribution in [0.1, 0.15) is 47.5 Å². The fraction of sp³-hybridized carbons (Fsp3) is 0.381. The number of carbonyl (C=O) groups excluding carboxylic acids is 1. The van der Waals surface area contributed by atoms with Crippen LogP contribution in [-0.2, 0) is 6.54 Å². The zero-order valence-corrected chi connectivity index (χ0v) is 16.9. The van der Waals surface area contributed by atoms with Crippen molar-refractivity contribution in [3.8, 4) is 0 Å². The summed E-state index contributed by atoms with van der Waals surface area (Å²) in [4.78, 5) is 33.6. The van der Waals surface area contributed by atoms with Crippen molar-refractivity contribution >= 4 is 27.5 Å². The number of fused-ring (bicyclic) bond motifs is 1. The predicted octanol–water partition coefficient (Wildman–Crippen LogP) is 4.08. The van der Waals surface area contributed by atoms with Crippen molar-refractivity contribution in [1.29, 1.82) is 0 Å². The Kier molecular flexibility index (Phi) is 6.06. The van der Waals surface area contributed by atoms with Gasteiger partial charge in [-0.15, -0.1) is 11.3 Å². The van der Waals surface area contributed by atoms with Crippen LogP contribution in [0, 0.1) is 6.92 Å². The summed E-state index contributed by atoms with van der Waals surface area (Å²) in [6.45, 7) is 7.92. The summed E-state index contributed by atoms with van der Waals surface area (Å²) in [5.74, 6) is 0.00760. The van der Waals surface area contributed by atoms with Crippen LogP contribution in [-0.4, -0.2) is 33.4 Å². The van der Waals surface area contributed by atoms with E-state index >= 15 is 0 Å². The third kappa shape index (κ3) is 3.95. The average molecular weight is 384 g/mol. The SMILES string of the molecule is CCCN(CCC)C(=O)c1sc2ncn(Cc3ccccc3)c(=O)c2c1C. The smallest absolute Gasteiger partial charge is 0.264 e. The average Bonchev–Trinajstić information content (AvgIpc) is 3.01. The maximum atomic E-state index is 13.0. The van der Waals surface area contributed by atoms with Gasteiger partial charge in [0, 0.05) is 13.1 Å². The lowest BCUT2D eigenvalue weighted by atomic mass is 10.2.